The smallest absolute Gasteiger partial charge is 0.255 e. The van der Waals surface area contributed by atoms with E-state index in [9.17, 15) is 4.79 Å². The SMILES string of the molecule is CCN(Cc1ccc(Cl)s1)C(=O)c1ccccc1SCc1cc(C)no1. The number of hydrogen-bond acceptors (Lipinski definition) is 5. The molecule has 0 saturated heterocycles. The molecule has 3 rings (SSSR count). The van der Waals surface area contributed by atoms with Gasteiger partial charge in [0, 0.05) is 22.4 Å². The van der Waals surface area contributed by atoms with Gasteiger partial charge in [-0.05, 0) is 38.1 Å². The highest BCUT2D eigenvalue weighted by Gasteiger charge is 2.19. The third kappa shape index (κ3) is 4.69. The highest BCUT2D eigenvalue weighted by atomic mass is 35.5. The molecule has 0 aliphatic rings. The number of amides is 1. The lowest BCUT2D eigenvalue weighted by Gasteiger charge is -2.21. The Morgan fingerprint density at radius 2 is 2.12 bits per heavy atom. The molecule has 1 aromatic carbocycles. The lowest BCUT2D eigenvalue weighted by atomic mass is 10.2. The van der Waals surface area contributed by atoms with Gasteiger partial charge in [0.25, 0.3) is 5.91 Å². The van der Waals surface area contributed by atoms with Crippen molar-refractivity contribution in [1.29, 1.82) is 0 Å². The van der Waals surface area contributed by atoms with E-state index in [1.165, 1.54) is 11.3 Å². The van der Waals surface area contributed by atoms with Crippen molar-refractivity contribution >= 4 is 40.6 Å². The summed E-state index contributed by atoms with van der Waals surface area (Å²) >= 11 is 9.09. The Morgan fingerprint density at radius 3 is 2.77 bits per heavy atom. The van der Waals surface area contributed by atoms with Gasteiger partial charge in [-0.1, -0.05) is 28.9 Å². The predicted octanol–water partition coefficient (Wildman–Crippen LogP) is 5.65. The second kappa shape index (κ2) is 8.75. The van der Waals surface area contributed by atoms with Crippen molar-refractivity contribution < 1.29 is 9.32 Å². The minimum atomic E-state index is 0.0221. The summed E-state index contributed by atoms with van der Waals surface area (Å²) in [6.07, 6.45) is 0. The van der Waals surface area contributed by atoms with Gasteiger partial charge >= 0.3 is 0 Å². The highest BCUT2D eigenvalue weighted by molar-refractivity contribution is 7.98. The van der Waals surface area contributed by atoms with Crippen molar-refractivity contribution in [1.82, 2.24) is 10.1 Å². The molecule has 2 heterocycles. The Morgan fingerprint density at radius 1 is 1.31 bits per heavy atom. The number of rotatable bonds is 7. The normalized spacial score (nSPS) is 10.9. The van der Waals surface area contributed by atoms with Crippen LogP contribution < -0.4 is 0 Å². The van der Waals surface area contributed by atoms with E-state index < -0.39 is 0 Å². The molecule has 0 atom stereocenters. The van der Waals surface area contributed by atoms with Crippen LogP contribution in [-0.2, 0) is 12.3 Å². The predicted molar refractivity (Wildman–Crippen MR) is 107 cm³/mol. The Balaban J connectivity index is 1.75. The number of nitrogens with zero attached hydrogens (tertiary/aromatic N) is 2. The molecule has 1 amide bonds. The second-order valence-electron chi connectivity index (χ2n) is 5.74. The summed E-state index contributed by atoms with van der Waals surface area (Å²) in [6, 6.07) is 13.4. The first-order chi connectivity index (χ1) is 12.6. The van der Waals surface area contributed by atoms with Gasteiger partial charge in [-0.3, -0.25) is 4.79 Å². The molecule has 7 heteroatoms. The van der Waals surface area contributed by atoms with Crippen molar-refractivity contribution in [2.75, 3.05) is 6.54 Å². The van der Waals surface area contributed by atoms with Gasteiger partial charge < -0.3 is 9.42 Å². The van der Waals surface area contributed by atoms with Crippen LogP contribution >= 0.6 is 34.7 Å². The zero-order chi connectivity index (χ0) is 18.5. The maximum absolute atomic E-state index is 13.1. The van der Waals surface area contributed by atoms with Crippen molar-refractivity contribution in [3.05, 3.63) is 68.7 Å². The summed E-state index contributed by atoms with van der Waals surface area (Å²) in [5, 5.41) is 3.90. The molecular weight excluding hydrogens is 388 g/mol. The van der Waals surface area contributed by atoms with Crippen LogP contribution in [0.2, 0.25) is 4.34 Å². The minimum absolute atomic E-state index is 0.0221. The fourth-order valence-electron chi connectivity index (χ4n) is 2.52. The summed E-state index contributed by atoms with van der Waals surface area (Å²) in [4.78, 5) is 16.9. The molecule has 0 aliphatic heterocycles. The number of thiophene rings is 1. The zero-order valence-corrected chi connectivity index (χ0v) is 17.0. The van der Waals surface area contributed by atoms with E-state index in [0.717, 1.165) is 25.6 Å². The van der Waals surface area contributed by atoms with Crippen LogP contribution in [0, 0.1) is 6.92 Å². The van der Waals surface area contributed by atoms with Crippen LogP contribution in [0.25, 0.3) is 0 Å². The van der Waals surface area contributed by atoms with Gasteiger partial charge in [-0.25, -0.2) is 0 Å². The molecule has 2 aromatic heterocycles. The molecule has 3 aromatic rings. The molecule has 0 aliphatic carbocycles. The lowest BCUT2D eigenvalue weighted by Crippen LogP contribution is -2.30. The third-order valence-corrected chi connectivity index (χ3v) is 6.12. The molecular formula is C19H19ClN2O2S2. The van der Waals surface area contributed by atoms with Gasteiger partial charge in [0.2, 0.25) is 0 Å². The van der Waals surface area contributed by atoms with Crippen molar-refractivity contribution in [2.24, 2.45) is 0 Å². The van der Waals surface area contributed by atoms with Gasteiger partial charge in [0.1, 0.15) is 5.76 Å². The molecule has 4 nitrogen and oxygen atoms in total. The molecule has 0 N–H and O–H groups in total. The summed E-state index contributed by atoms with van der Waals surface area (Å²) in [7, 11) is 0. The summed E-state index contributed by atoms with van der Waals surface area (Å²) in [5.41, 5.74) is 1.56. The maximum Gasteiger partial charge on any atom is 0.255 e. The topological polar surface area (TPSA) is 46.3 Å². The Bertz CT molecular complexity index is 891. The van der Waals surface area contributed by atoms with Crippen LogP contribution in [0.3, 0.4) is 0 Å². The van der Waals surface area contributed by atoms with Gasteiger partial charge in [0.05, 0.1) is 27.9 Å². The molecule has 0 unspecified atom stereocenters. The molecule has 0 saturated carbocycles. The average molecular weight is 407 g/mol. The number of carbonyl (C=O) groups is 1. The number of aryl methyl sites for hydroxylation is 1. The first-order valence-electron chi connectivity index (χ1n) is 8.24. The number of benzene rings is 1. The van der Waals surface area contributed by atoms with Crippen LogP contribution in [0.4, 0.5) is 0 Å². The first-order valence-corrected chi connectivity index (χ1v) is 10.4. The van der Waals surface area contributed by atoms with Crippen molar-refractivity contribution in [3.63, 3.8) is 0 Å². The molecule has 26 heavy (non-hydrogen) atoms. The molecule has 0 spiro atoms. The Kier molecular flexibility index (Phi) is 6.40. The average Bonchev–Trinajstić information content (AvgIpc) is 3.25. The van der Waals surface area contributed by atoms with E-state index in [0.29, 0.717) is 24.4 Å². The van der Waals surface area contributed by atoms with E-state index in [-0.39, 0.29) is 5.91 Å². The first kappa shape index (κ1) is 19.0. The van der Waals surface area contributed by atoms with E-state index in [4.69, 9.17) is 16.1 Å². The van der Waals surface area contributed by atoms with Crippen LogP contribution in [0.1, 0.15) is 33.6 Å². The van der Waals surface area contributed by atoms with E-state index >= 15 is 0 Å². The largest absolute Gasteiger partial charge is 0.360 e. The molecule has 0 fully saturated rings. The molecule has 136 valence electrons. The van der Waals surface area contributed by atoms with Gasteiger partial charge in [-0.2, -0.15) is 0 Å². The number of thioether (sulfide) groups is 1. The van der Waals surface area contributed by atoms with E-state index in [2.05, 4.69) is 5.16 Å². The zero-order valence-electron chi connectivity index (χ0n) is 14.6. The maximum atomic E-state index is 13.1. The Labute approximate surface area is 166 Å². The second-order valence-corrected chi connectivity index (χ2v) is 8.56. The highest BCUT2D eigenvalue weighted by Crippen LogP contribution is 2.28. The number of carbonyl (C=O) groups excluding carboxylic acids is 1. The number of halogens is 1. The molecule has 0 bridgehead atoms. The van der Waals surface area contributed by atoms with E-state index in [1.54, 1.807) is 11.8 Å². The third-order valence-electron chi connectivity index (χ3n) is 3.81. The summed E-state index contributed by atoms with van der Waals surface area (Å²) < 4.78 is 6.00. The van der Waals surface area contributed by atoms with Crippen LogP contribution in [0.5, 0.6) is 0 Å². The number of aromatic nitrogens is 1. The quantitative estimate of drug-likeness (QED) is 0.475. The Hall–Kier alpha value is -1.76. The monoisotopic (exact) mass is 406 g/mol. The lowest BCUT2D eigenvalue weighted by molar-refractivity contribution is 0.0750. The fourth-order valence-corrected chi connectivity index (χ4v) is 4.55. The molecule has 0 radical (unpaired) electrons. The fraction of sp³-hybridized carbons (Fsp3) is 0.263. The van der Waals surface area contributed by atoms with E-state index in [1.807, 2.05) is 61.2 Å². The van der Waals surface area contributed by atoms with Gasteiger partial charge in [-0.15, -0.1) is 23.1 Å². The summed E-state index contributed by atoms with van der Waals surface area (Å²) in [6.45, 7) is 5.08. The van der Waals surface area contributed by atoms with Crippen LogP contribution in [-0.4, -0.2) is 22.5 Å². The van der Waals surface area contributed by atoms with Crippen LogP contribution in [0.15, 0.2) is 51.9 Å². The minimum Gasteiger partial charge on any atom is -0.360 e. The van der Waals surface area contributed by atoms with Crippen molar-refractivity contribution in [3.8, 4) is 0 Å². The summed E-state index contributed by atoms with van der Waals surface area (Å²) in [5.74, 6) is 1.46. The van der Waals surface area contributed by atoms with Gasteiger partial charge in [0.15, 0.2) is 0 Å². The van der Waals surface area contributed by atoms with Crippen molar-refractivity contribution in [2.45, 2.75) is 31.0 Å². The number of hydrogen-bond donors (Lipinski definition) is 0. The standard InChI is InChI=1S/C19H19ClN2O2S2/c1-3-22(11-15-8-9-18(20)26-15)19(23)16-6-4-5-7-17(16)25-12-14-10-13(2)21-24-14/h4-10H,3,11-12H2,1-2H3.